The fourth-order valence-corrected chi connectivity index (χ4v) is 2.87. The molecule has 3 N–H and O–H groups in total. The van der Waals surface area contributed by atoms with Gasteiger partial charge in [-0.1, -0.05) is 6.92 Å². The first-order valence-corrected chi connectivity index (χ1v) is 7.18. The molecule has 1 amide bonds. The van der Waals surface area contributed by atoms with Crippen LogP contribution in [-0.2, 0) is 21.2 Å². The van der Waals surface area contributed by atoms with E-state index in [0.717, 1.165) is 17.8 Å². The van der Waals surface area contributed by atoms with Gasteiger partial charge in [0.15, 0.2) is 0 Å². The van der Waals surface area contributed by atoms with Gasteiger partial charge in [0, 0.05) is 11.4 Å². The molecule has 5 nitrogen and oxygen atoms in total. The van der Waals surface area contributed by atoms with E-state index in [9.17, 15) is 13.2 Å². The van der Waals surface area contributed by atoms with Crippen LogP contribution in [-0.4, -0.2) is 20.9 Å². The van der Waals surface area contributed by atoms with Gasteiger partial charge in [0.2, 0.25) is 15.9 Å². The number of sulfonamides is 1. The van der Waals surface area contributed by atoms with Crippen molar-refractivity contribution in [3.63, 3.8) is 0 Å². The van der Waals surface area contributed by atoms with Gasteiger partial charge in [0.05, 0.1) is 6.42 Å². The van der Waals surface area contributed by atoms with Crippen LogP contribution in [0.15, 0.2) is 16.3 Å². The number of hydrogen-bond acceptors (Lipinski definition) is 4. The highest BCUT2D eigenvalue weighted by atomic mass is 32.2. The van der Waals surface area contributed by atoms with Crippen LogP contribution in [0.1, 0.15) is 18.2 Å². The first kappa shape index (κ1) is 13.1. The van der Waals surface area contributed by atoms with Gasteiger partial charge in [0.25, 0.3) is 0 Å². The van der Waals surface area contributed by atoms with Gasteiger partial charge in [-0.15, -0.1) is 11.3 Å². The Morgan fingerprint density at radius 3 is 2.69 bits per heavy atom. The standard InChI is InChI=1S/C9H14N2O3S2/c1-2-5-11-8(12)6-7-3-4-9(15-7)16(10,13)14/h3-4H,2,5-6H2,1H3,(H,11,12)(H2,10,13,14). The summed E-state index contributed by atoms with van der Waals surface area (Å²) in [4.78, 5) is 12.0. The Labute approximate surface area is 98.7 Å². The first-order valence-electron chi connectivity index (χ1n) is 4.81. The third-order valence-corrected chi connectivity index (χ3v) is 4.35. The van der Waals surface area contributed by atoms with Gasteiger partial charge in [-0.25, -0.2) is 13.6 Å². The zero-order valence-corrected chi connectivity index (χ0v) is 10.5. The Kier molecular flexibility index (Phi) is 4.45. The van der Waals surface area contributed by atoms with Gasteiger partial charge in [0.1, 0.15) is 4.21 Å². The Balaban J connectivity index is 2.63. The van der Waals surface area contributed by atoms with Crippen LogP contribution in [0.2, 0.25) is 0 Å². The zero-order valence-electron chi connectivity index (χ0n) is 8.89. The number of amides is 1. The molecule has 16 heavy (non-hydrogen) atoms. The molecule has 0 atom stereocenters. The molecule has 0 unspecified atom stereocenters. The van der Waals surface area contributed by atoms with Gasteiger partial charge in [-0.05, 0) is 18.6 Å². The highest BCUT2D eigenvalue weighted by Gasteiger charge is 2.12. The van der Waals surface area contributed by atoms with Crippen molar-refractivity contribution in [1.29, 1.82) is 0 Å². The van der Waals surface area contributed by atoms with E-state index in [1.165, 1.54) is 6.07 Å². The zero-order chi connectivity index (χ0) is 12.2. The second kappa shape index (κ2) is 5.42. The van der Waals surface area contributed by atoms with E-state index in [1.807, 2.05) is 6.92 Å². The highest BCUT2D eigenvalue weighted by molar-refractivity contribution is 7.91. The lowest BCUT2D eigenvalue weighted by molar-refractivity contribution is -0.120. The fourth-order valence-electron chi connectivity index (χ4n) is 1.09. The van der Waals surface area contributed by atoms with E-state index in [4.69, 9.17) is 5.14 Å². The summed E-state index contributed by atoms with van der Waals surface area (Å²) in [6.45, 7) is 2.59. The lowest BCUT2D eigenvalue weighted by atomic mass is 10.3. The number of carbonyl (C=O) groups excluding carboxylic acids is 1. The molecule has 1 rings (SSSR count). The second-order valence-corrected chi connectivity index (χ2v) is 6.25. The quantitative estimate of drug-likeness (QED) is 0.808. The molecule has 0 saturated carbocycles. The third-order valence-electron chi connectivity index (χ3n) is 1.82. The smallest absolute Gasteiger partial charge is 0.247 e. The van der Waals surface area contributed by atoms with Crippen molar-refractivity contribution in [3.8, 4) is 0 Å². The molecule has 0 fully saturated rings. The van der Waals surface area contributed by atoms with E-state index < -0.39 is 10.0 Å². The minimum Gasteiger partial charge on any atom is -0.356 e. The normalized spacial score (nSPS) is 11.4. The Bertz CT molecular complexity index is 465. The van der Waals surface area contributed by atoms with Crippen LogP contribution in [0.25, 0.3) is 0 Å². The van der Waals surface area contributed by atoms with E-state index >= 15 is 0 Å². The molecule has 1 aromatic rings. The Morgan fingerprint density at radius 1 is 1.50 bits per heavy atom. The number of primary sulfonamides is 1. The van der Waals surface area contributed by atoms with Crippen LogP contribution in [0, 0.1) is 0 Å². The first-order chi connectivity index (χ1) is 7.43. The molecule has 0 aromatic carbocycles. The van der Waals surface area contributed by atoms with Crippen molar-refractivity contribution in [2.45, 2.75) is 24.0 Å². The predicted octanol–water partition coefficient (Wildman–Crippen LogP) is 0.464. The van der Waals surface area contributed by atoms with Crippen LogP contribution >= 0.6 is 11.3 Å². The van der Waals surface area contributed by atoms with Gasteiger partial charge in [-0.2, -0.15) is 0 Å². The molecular weight excluding hydrogens is 248 g/mol. The summed E-state index contributed by atoms with van der Waals surface area (Å²) in [6, 6.07) is 3.03. The monoisotopic (exact) mass is 262 g/mol. The lowest BCUT2D eigenvalue weighted by Crippen LogP contribution is -2.25. The maximum absolute atomic E-state index is 11.3. The number of nitrogens with one attached hydrogen (secondary N) is 1. The second-order valence-electron chi connectivity index (χ2n) is 3.29. The molecular formula is C9H14N2O3S2. The molecule has 0 aliphatic carbocycles. The highest BCUT2D eigenvalue weighted by Crippen LogP contribution is 2.20. The average molecular weight is 262 g/mol. The maximum atomic E-state index is 11.3. The number of thiophene rings is 1. The van der Waals surface area contributed by atoms with E-state index in [1.54, 1.807) is 6.07 Å². The van der Waals surface area contributed by atoms with Crippen molar-refractivity contribution >= 4 is 27.3 Å². The molecule has 7 heteroatoms. The van der Waals surface area contributed by atoms with E-state index in [2.05, 4.69) is 5.32 Å². The van der Waals surface area contributed by atoms with Crippen molar-refractivity contribution in [3.05, 3.63) is 17.0 Å². The third kappa shape index (κ3) is 3.92. The summed E-state index contributed by atoms with van der Waals surface area (Å²) < 4.78 is 22.1. The van der Waals surface area contributed by atoms with Crippen LogP contribution < -0.4 is 10.5 Å². The van der Waals surface area contributed by atoms with Gasteiger partial charge >= 0.3 is 0 Å². The molecule has 0 aliphatic heterocycles. The minimum absolute atomic E-state index is 0.0887. The van der Waals surface area contributed by atoms with Gasteiger partial charge < -0.3 is 5.32 Å². The van der Waals surface area contributed by atoms with Crippen molar-refractivity contribution < 1.29 is 13.2 Å². The van der Waals surface area contributed by atoms with Gasteiger partial charge in [-0.3, -0.25) is 4.79 Å². The van der Waals surface area contributed by atoms with Crippen LogP contribution in [0.4, 0.5) is 0 Å². The van der Waals surface area contributed by atoms with Crippen LogP contribution in [0.3, 0.4) is 0 Å². The number of hydrogen-bond donors (Lipinski definition) is 2. The number of rotatable bonds is 5. The largest absolute Gasteiger partial charge is 0.356 e. The molecule has 0 aliphatic rings. The molecule has 1 aromatic heterocycles. The topological polar surface area (TPSA) is 89.3 Å². The molecule has 0 radical (unpaired) electrons. The molecule has 0 bridgehead atoms. The summed E-state index contributed by atoms with van der Waals surface area (Å²) >= 11 is 1.03. The predicted molar refractivity (Wildman–Crippen MR) is 62.7 cm³/mol. The van der Waals surface area contributed by atoms with Crippen LogP contribution in [0.5, 0.6) is 0 Å². The average Bonchev–Trinajstić information content (AvgIpc) is 2.62. The number of nitrogens with two attached hydrogens (primary N) is 1. The van der Waals surface area contributed by atoms with Crippen molar-refractivity contribution in [2.24, 2.45) is 5.14 Å². The Morgan fingerprint density at radius 2 is 2.19 bits per heavy atom. The number of carbonyl (C=O) groups is 1. The summed E-state index contributed by atoms with van der Waals surface area (Å²) in [7, 11) is -3.65. The summed E-state index contributed by atoms with van der Waals surface area (Å²) in [5, 5.41) is 7.68. The molecule has 0 spiro atoms. The molecule has 90 valence electrons. The van der Waals surface area contributed by atoms with E-state index in [0.29, 0.717) is 11.4 Å². The Hall–Kier alpha value is -0.920. The van der Waals surface area contributed by atoms with E-state index in [-0.39, 0.29) is 16.5 Å². The molecule has 1 heterocycles. The van der Waals surface area contributed by atoms with Crippen molar-refractivity contribution in [1.82, 2.24) is 5.32 Å². The lowest BCUT2D eigenvalue weighted by Gasteiger charge is -2.00. The minimum atomic E-state index is -3.65. The molecule has 0 saturated heterocycles. The summed E-state index contributed by atoms with van der Waals surface area (Å²) in [6.07, 6.45) is 1.07. The summed E-state index contributed by atoms with van der Waals surface area (Å²) in [5.74, 6) is -0.107. The van der Waals surface area contributed by atoms with Crippen molar-refractivity contribution in [2.75, 3.05) is 6.54 Å². The maximum Gasteiger partial charge on any atom is 0.247 e. The fraction of sp³-hybridized carbons (Fsp3) is 0.444. The SMILES string of the molecule is CCCNC(=O)Cc1ccc(S(N)(=O)=O)s1. The summed E-state index contributed by atoms with van der Waals surface area (Å²) in [5.41, 5.74) is 0.